The normalized spacial score (nSPS) is 14.1. The predicted octanol–water partition coefficient (Wildman–Crippen LogP) is 2.48. The number of ether oxygens (including phenoxy) is 1. The van der Waals surface area contributed by atoms with E-state index in [1.807, 2.05) is 68.4 Å². The lowest BCUT2D eigenvalue weighted by atomic mass is 10.0. The zero-order valence-electron chi connectivity index (χ0n) is 29.8. The van der Waals surface area contributed by atoms with Crippen LogP contribution >= 0.6 is 0 Å². The van der Waals surface area contributed by atoms with Crippen molar-refractivity contribution in [3.8, 4) is 11.1 Å². The Morgan fingerprint density at radius 1 is 0.804 bits per heavy atom. The minimum atomic E-state index is -1.45. The number of nitrogens with one attached hydrogen (secondary N) is 4. The summed E-state index contributed by atoms with van der Waals surface area (Å²) in [5.41, 5.74) is 8.44. The minimum Gasteiger partial charge on any atom is -0.390 e. The van der Waals surface area contributed by atoms with Crippen LogP contribution in [-0.2, 0) is 30.5 Å². The zero-order chi connectivity index (χ0) is 37.5. The molecular weight excluding hydrogens is 652 g/mol. The molecule has 7 N–H and O–H groups in total. The average molecular weight is 703 g/mol. The highest BCUT2D eigenvalue weighted by molar-refractivity contribution is 5.96. The van der Waals surface area contributed by atoms with Gasteiger partial charge in [0.2, 0.25) is 23.6 Å². The summed E-state index contributed by atoms with van der Waals surface area (Å²) in [4.78, 5) is 68.1. The third-order valence-electron chi connectivity index (χ3n) is 8.06. The maximum absolute atomic E-state index is 13.6. The second-order valence-electron chi connectivity index (χ2n) is 13.3. The molecule has 5 atom stereocenters. The molecule has 0 radical (unpaired) electrons. The Labute approximate surface area is 299 Å². The fourth-order valence-electron chi connectivity index (χ4n) is 5.26. The molecule has 2 aromatic carbocycles. The third-order valence-corrected chi connectivity index (χ3v) is 8.06. The number of nitrogens with two attached hydrogens (primary N) is 1. The molecule has 13 nitrogen and oxygen atoms in total. The van der Waals surface area contributed by atoms with Gasteiger partial charge in [-0.2, -0.15) is 0 Å². The first-order chi connectivity index (χ1) is 24.2. The number of aliphatic hydroxyl groups is 1. The number of nitrogens with zero attached hydrogens (tertiary/aromatic N) is 1. The van der Waals surface area contributed by atoms with E-state index in [-0.39, 0.29) is 30.7 Å². The van der Waals surface area contributed by atoms with E-state index < -0.39 is 66.2 Å². The highest BCUT2D eigenvalue weighted by Gasteiger charge is 2.31. The Bertz CT molecular complexity index is 1600. The molecule has 5 amide bonds. The molecular formula is C38H50N6O7. The van der Waals surface area contributed by atoms with Gasteiger partial charge in [-0.3, -0.25) is 29.0 Å². The molecule has 0 bridgehead atoms. The third kappa shape index (κ3) is 13.3. The number of hydrogen-bond acceptors (Lipinski definition) is 8. The van der Waals surface area contributed by atoms with Crippen LogP contribution in [0.3, 0.4) is 0 Å². The summed E-state index contributed by atoms with van der Waals surface area (Å²) in [6, 6.07) is 18.4. The highest BCUT2D eigenvalue weighted by Crippen LogP contribution is 2.20. The fraction of sp³-hybridized carbons (Fsp3) is 0.421. The molecule has 51 heavy (non-hydrogen) atoms. The van der Waals surface area contributed by atoms with Crippen molar-refractivity contribution in [1.29, 1.82) is 0 Å². The van der Waals surface area contributed by atoms with Gasteiger partial charge in [0, 0.05) is 6.20 Å². The summed E-state index contributed by atoms with van der Waals surface area (Å²) < 4.78 is 5.97. The van der Waals surface area contributed by atoms with Gasteiger partial charge in [-0.05, 0) is 60.1 Å². The molecule has 1 heterocycles. The van der Waals surface area contributed by atoms with Crippen molar-refractivity contribution < 1.29 is 33.8 Å². The Balaban J connectivity index is 1.71. The Morgan fingerprint density at radius 2 is 1.49 bits per heavy atom. The number of aromatic nitrogens is 1. The molecule has 0 saturated heterocycles. The van der Waals surface area contributed by atoms with Gasteiger partial charge in [-0.15, -0.1) is 0 Å². The summed E-state index contributed by atoms with van der Waals surface area (Å²) in [6.45, 7) is 8.69. The minimum absolute atomic E-state index is 0.0867. The van der Waals surface area contributed by atoms with Crippen LogP contribution < -0.4 is 27.0 Å². The number of hydrogen-bond donors (Lipinski definition) is 6. The van der Waals surface area contributed by atoms with Crippen molar-refractivity contribution >= 4 is 29.5 Å². The van der Waals surface area contributed by atoms with E-state index in [9.17, 15) is 29.1 Å². The van der Waals surface area contributed by atoms with Crippen molar-refractivity contribution in [2.75, 3.05) is 6.61 Å². The maximum atomic E-state index is 13.6. The van der Waals surface area contributed by atoms with Crippen molar-refractivity contribution in [3.63, 3.8) is 0 Å². The number of aliphatic hydroxyl groups excluding tert-OH is 1. The van der Waals surface area contributed by atoms with E-state index >= 15 is 0 Å². The standard InChI is InChI=1S/C38H50N6O7/c1-23(2)18-30(35(39)47)42-36(48)25(5)41-33(46)20-32(45)31(22-51-21-26-12-11-15-28(19-26)27-13-7-6-8-14-27)43-38(50)34(24(3)4)44-37(49)29-16-9-10-17-40-29/h6-17,19,23-25,30-32,34,45H,18,20-22H2,1-5H3,(H2,39,47)(H,41,46)(H,42,48)(H,43,50)(H,44,49)/t25-,30-,31-,32-,34-/m0/s1. The highest BCUT2D eigenvalue weighted by atomic mass is 16.5. The summed E-state index contributed by atoms with van der Waals surface area (Å²) in [5.74, 6) is -3.38. The lowest BCUT2D eigenvalue weighted by molar-refractivity contribution is -0.132. The lowest BCUT2D eigenvalue weighted by Crippen LogP contribution is -2.56. The van der Waals surface area contributed by atoms with Gasteiger partial charge in [-0.1, -0.05) is 82.3 Å². The molecule has 0 saturated carbocycles. The summed E-state index contributed by atoms with van der Waals surface area (Å²) in [6.07, 6.45) is -0.139. The molecule has 0 aliphatic rings. The summed E-state index contributed by atoms with van der Waals surface area (Å²) in [7, 11) is 0. The van der Waals surface area contributed by atoms with E-state index in [0.717, 1.165) is 16.7 Å². The molecule has 0 fully saturated rings. The topological polar surface area (TPSA) is 202 Å². The van der Waals surface area contributed by atoms with E-state index in [4.69, 9.17) is 10.5 Å². The van der Waals surface area contributed by atoms with Crippen LogP contribution in [0.5, 0.6) is 0 Å². The summed E-state index contributed by atoms with van der Waals surface area (Å²) in [5, 5.41) is 21.8. The lowest BCUT2D eigenvalue weighted by Gasteiger charge is -2.28. The Hall–Kier alpha value is -5.14. The number of amides is 5. The number of carbonyl (C=O) groups is 5. The number of benzene rings is 2. The number of rotatable bonds is 19. The SMILES string of the molecule is CC(C)C[C@H](NC(=O)[C@H](C)NC(=O)C[C@H](O)[C@H](COCc1cccc(-c2ccccc2)c1)NC(=O)[C@@H](NC(=O)c1ccccn1)C(C)C)C(N)=O. The van der Waals surface area contributed by atoms with Crippen LogP contribution in [0.1, 0.15) is 63.5 Å². The van der Waals surface area contributed by atoms with E-state index in [2.05, 4.69) is 26.3 Å². The van der Waals surface area contributed by atoms with Gasteiger partial charge in [-0.25, -0.2) is 0 Å². The van der Waals surface area contributed by atoms with Crippen LogP contribution in [-0.4, -0.2) is 76.5 Å². The van der Waals surface area contributed by atoms with Crippen LogP contribution in [0.4, 0.5) is 0 Å². The maximum Gasteiger partial charge on any atom is 0.270 e. The number of pyridine rings is 1. The van der Waals surface area contributed by atoms with Crippen LogP contribution in [0.15, 0.2) is 79.0 Å². The molecule has 13 heteroatoms. The average Bonchev–Trinajstić information content (AvgIpc) is 3.10. The van der Waals surface area contributed by atoms with Gasteiger partial charge in [0.05, 0.1) is 31.8 Å². The van der Waals surface area contributed by atoms with Gasteiger partial charge in [0.1, 0.15) is 23.8 Å². The van der Waals surface area contributed by atoms with Gasteiger partial charge in [0.15, 0.2) is 0 Å². The van der Waals surface area contributed by atoms with E-state index in [1.54, 1.807) is 26.0 Å². The van der Waals surface area contributed by atoms with Crippen molar-refractivity contribution in [2.24, 2.45) is 17.6 Å². The smallest absolute Gasteiger partial charge is 0.270 e. The predicted molar refractivity (Wildman–Crippen MR) is 193 cm³/mol. The van der Waals surface area contributed by atoms with Gasteiger partial charge < -0.3 is 36.8 Å². The molecule has 0 unspecified atom stereocenters. The molecule has 0 spiro atoms. The first kappa shape index (κ1) is 40.3. The Morgan fingerprint density at radius 3 is 2.12 bits per heavy atom. The van der Waals surface area contributed by atoms with Crippen LogP contribution in [0, 0.1) is 11.8 Å². The molecule has 3 rings (SSSR count). The number of carbonyl (C=O) groups excluding carboxylic acids is 5. The quantitative estimate of drug-likeness (QED) is 0.109. The Kier molecular flexibility index (Phi) is 15.7. The first-order valence-electron chi connectivity index (χ1n) is 17.1. The molecule has 3 aromatic rings. The van der Waals surface area contributed by atoms with Crippen LogP contribution in [0.25, 0.3) is 11.1 Å². The van der Waals surface area contributed by atoms with Gasteiger partial charge in [0.25, 0.3) is 5.91 Å². The van der Waals surface area contributed by atoms with E-state index in [1.165, 1.54) is 19.2 Å². The van der Waals surface area contributed by atoms with Crippen LogP contribution in [0.2, 0.25) is 0 Å². The monoisotopic (exact) mass is 702 g/mol. The molecule has 274 valence electrons. The molecule has 1 aromatic heterocycles. The van der Waals surface area contributed by atoms with Crippen molar-refractivity contribution in [3.05, 3.63) is 90.3 Å². The second-order valence-corrected chi connectivity index (χ2v) is 13.3. The fourth-order valence-corrected chi connectivity index (χ4v) is 5.26. The van der Waals surface area contributed by atoms with Gasteiger partial charge >= 0.3 is 0 Å². The van der Waals surface area contributed by atoms with Crippen molar-refractivity contribution in [2.45, 2.75) is 84.3 Å². The van der Waals surface area contributed by atoms with Crippen molar-refractivity contribution in [1.82, 2.24) is 26.3 Å². The van der Waals surface area contributed by atoms with E-state index in [0.29, 0.717) is 6.42 Å². The summed E-state index contributed by atoms with van der Waals surface area (Å²) >= 11 is 0. The second kappa shape index (κ2) is 19.9. The largest absolute Gasteiger partial charge is 0.390 e. The zero-order valence-corrected chi connectivity index (χ0v) is 29.8. The molecule has 0 aliphatic heterocycles. The molecule has 0 aliphatic carbocycles. The first-order valence-corrected chi connectivity index (χ1v) is 17.1. The number of primary amides is 1.